The van der Waals surface area contributed by atoms with Crippen molar-refractivity contribution < 1.29 is 19.1 Å². The van der Waals surface area contributed by atoms with Gasteiger partial charge < -0.3 is 14.4 Å². The van der Waals surface area contributed by atoms with Gasteiger partial charge in [-0.3, -0.25) is 9.69 Å². The molecule has 0 radical (unpaired) electrons. The maximum Gasteiger partial charge on any atom is 0.408 e. The first-order valence-electron chi connectivity index (χ1n) is 12.9. The second kappa shape index (κ2) is 12.1. The zero-order chi connectivity index (χ0) is 28.1. The Morgan fingerprint density at radius 3 is 2.16 bits per heavy atom. The molecule has 0 unspecified atom stereocenters. The normalized spacial score (nSPS) is 13.1. The summed E-state index contributed by atoms with van der Waals surface area (Å²) in [6.07, 6.45) is 0.989. The number of rotatable bonds is 10. The number of amides is 2. The van der Waals surface area contributed by atoms with Crippen LogP contribution in [0.2, 0.25) is 0 Å². The zero-order valence-corrected chi connectivity index (χ0v) is 24.6. The number of aromatic nitrogens is 2. The number of carbonyl (C=O) groups excluding carboxylic acids is 1. The van der Waals surface area contributed by atoms with Crippen LogP contribution in [0.15, 0.2) is 57.4 Å². The fourth-order valence-corrected chi connectivity index (χ4v) is 5.41. The lowest BCUT2D eigenvalue weighted by Gasteiger charge is -2.45. The van der Waals surface area contributed by atoms with E-state index in [-0.39, 0.29) is 17.7 Å². The third kappa shape index (κ3) is 6.62. The molecule has 2 amide bonds. The van der Waals surface area contributed by atoms with E-state index in [1.165, 1.54) is 4.90 Å². The van der Waals surface area contributed by atoms with Crippen LogP contribution in [0.5, 0.6) is 0 Å². The molecule has 2 aromatic carbocycles. The van der Waals surface area contributed by atoms with Crippen LogP contribution in [0.4, 0.5) is 4.79 Å². The smallest absolute Gasteiger partial charge is 0.408 e. The first kappa shape index (κ1) is 29.4. The molecule has 38 heavy (non-hydrogen) atoms. The van der Waals surface area contributed by atoms with Crippen LogP contribution < -0.4 is 0 Å². The summed E-state index contributed by atoms with van der Waals surface area (Å²) >= 11 is 3.52. The number of carbonyl (C=O) groups is 2. The molecular formula is C29H37BrN4O4. The Hall–Kier alpha value is -3.20. The molecule has 0 saturated heterocycles. The molecule has 0 aliphatic rings. The summed E-state index contributed by atoms with van der Waals surface area (Å²) in [5, 5.41) is 18.9. The average Bonchev–Trinajstić information content (AvgIpc) is 3.34. The third-order valence-corrected chi connectivity index (χ3v) is 6.76. The third-order valence-electron chi connectivity index (χ3n) is 6.30. The molecular weight excluding hydrogens is 548 g/mol. The highest BCUT2D eigenvalue weighted by molar-refractivity contribution is 9.10. The van der Waals surface area contributed by atoms with Gasteiger partial charge in [0.05, 0.1) is 0 Å². The molecule has 0 fully saturated rings. The van der Waals surface area contributed by atoms with Crippen molar-refractivity contribution in [3.8, 4) is 11.5 Å². The number of benzene rings is 2. The minimum Gasteiger partial charge on any atom is -0.465 e. The van der Waals surface area contributed by atoms with E-state index in [1.807, 2.05) is 75.9 Å². The predicted molar refractivity (Wildman–Crippen MR) is 151 cm³/mol. The highest BCUT2D eigenvalue weighted by atomic mass is 79.9. The van der Waals surface area contributed by atoms with Gasteiger partial charge in [-0.25, -0.2) is 4.79 Å². The van der Waals surface area contributed by atoms with E-state index in [0.29, 0.717) is 35.1 Å². The Kier molecular flexibility index (Phi) is 9.35. The molecule has 1 atom stereocenters. The van der Waals surface area contributed by atoms with Crippen molar-refractivity contribution in [2.45, 2.75) is 71.9 Å². The molecule has 1 aromatic heterocycles. The lowest BCUT2D eigenvalue weighted by Crippen LogP contribution is -2.57. The molecule has 0 bridgehead atoms. The van der Waals surface area contributed by atoms with Gasteiger partial charge in [0, 0.05) is 40.6 Å². The fourth-order valence-electron chi connectivity index (χ4n) is 4.91. The molecule has 1 N–H and O–H groups in total. The molecule has 0 spiro atoms. The van der Waals surface area contributed by atoms with Gasteiger partial charge in [-0.15, -0.1) is 10.2 Å². The van der Waals surface area contributed by atoms with Gasteiger partial charge in [-0.05, 0) is 64.3 Å². The molecule has 1 heterocycles. The second-order valence-electron chi connectivity index (χ2n) is 10.7. The van der Waals surface area contributed by atoms with Crippen LogP contribution in [-0.2, 0) is 12.0 Å². The molecule has 8 nitrogen and oxygen atoms in total. The second-order valence-corrected chi connectivity index (χ2v) is 11.6. The standard InChI is InChI=1S/C29H37BrN4O4/c1-7-14-33(15-8-2)25(35)22-16-21(17-23(30)18-22)24-31-32-26(38-24)29(6,19-20-12-10-9-11-13-20)34(27(36)37)28(3,4)5/h9-13,16-18H,7-8,14-15,19H2,1-6H3,(H,36,37)/t29-/m1/s1. The minimum absolute atomic E-state index is 0.0605. The van der Waals surface area contributed by atoms with Gasteiger partial charge in [0.1, 0.15) is 5.54 Å². The number of hydrogen-bond acceptors (Lipinski definition) is 5. The quantitative estimate of drug-likeness (QED) is 0.275. The van der Waals surface area contributed by atoms with Crippen LogP contribution in [0.25, 0.3) is 11.5 Å². The van der Waals surface area contributed by atoms with Crippen molar-refractivity contribution >= 4 is 27.9 Å². The van der Waals surface area contributed by atoms with Crippen LogP contribution >= 0.6 is 15.9 Å². The van der Waals surface area contributed by atoms with E-state index in [2.05, 4.69) is 26.1 Å². The van der Waals surface area contributed by atoms with Gasteiger partial charge >= 0.3 is 6.09 Å². The summed E-state index contributed by atoms with van der Waals surface area (Å²) < 4.78 is 6.91. The van der Waals surface area contributed by atoms with E-state index in [9.17, 15) is 14.7 Å². The van der Waals surface area contributed by atoms with E-state index >= 15 is 0 Å². The van der Waals surface area contributed by atoms with Crippen molar-refractivity contribution in [3.05, 3.63) is 70.0 Å². The van der Waals surface area contributed by atoms with Crippen molar-refractivity contribution in [1.82, 2.24) is 20.0 Å². The molecule has 3 rings (SSSR count). The van der Waals surface area contributed by atoms with Crippen molar-refractivity contribution in [2.75, 3.05) is 13.1 Å². The number of nitrogens with zero attached hydrogens (tertiary/aromatic N) is 4. The molecule has 0 aliphatic carbocycles. The molecule has 9 heteroatoms. The SMILES string of the molecule is CCCN(CCC)C(=O)c1cc(Br)cc(-c2nnc([C@@](C)(Cc3ccccc3)N(C(=O)O)C(C)(C)C)o2)c1. The lowest BCUT2D eigenvalue weighted by molar-refractivity contribution is 0.00809. The average molecular weight is 586 g/mol. The van der Waals surface area contributed by atoms with Gasteiger partial charge in [0.2, 0.25) is 11.8 Å². The Bertz CT molecular complexity index is 1250. The summed E-state index contributed by atoms with van der Waals surface area (Å²) in [4.78, 5) is 29.0. The van der Waals surface area contributed by atoms with Crippen molar-refractivity contribution in [1.29, 1.82) is 0 Å². The summed E-state index contributed by atoms with van der Waals surface area (Å²) in [6.45, 7) is 12.8. The topological polar surface area (TPSA) is 99.8 Å². The monoisotopic (exact) mass is 584 g/mol. The molecule has 3 aromatic rings. The van der Waals surface area contributed by atoms with E-state index in [0.717, 1.165) is 18.4 Å². The highest BCUT2D eigenvalue weighted by Crippen LogP contribution is 2.38. The maximum atomic E-state index is 13.3. The zero-order valence-electron chi connectivity index (χ0n) is 23.0. The van der Waals surface area contributed by atoms with Crippen molar-refractivity contribution in [3.63, 3.8) is 0 Å². The Morgan fingerprint density at radius 2 is 1.61 bits per heavy atom. The van der Waals surface area contributed by atoms with E-state index in [1.54, 1.807) is 19.1 Å². The number of carboxylic acid groups (broad SMARTS) is 1. The molecule has 204 valence electrons. The Morgan fingerprint density at radius 1 is 0.974 bits per heavy atom. The van der Waals surface area contributed by atoms with Gasteiger partial charge in [0.15, 0.2) is 0 Å². The number of hydrogen-bond donors (Lipinski definition) is 1. The number of halogens is 1. The van der Waals surface area contributed by atoms with E-state index < -0.39 is 17.2 Å². The lowest BCUT2D eigenvalue weighted by atomic mass is 9.87. The van der Waals surface area contributed by atoms with Crippen LogP contribution in [-0.4, -0.2) is 55.7 Å². The highest BCUT2D eigenvalue weighted by Gasteiger charge is 2.47. The van der Waals surface area contributed by atoms with Crippen LogP contribution in [0.1, 0.15) is 76.2 Å². The molecule has 0 aliphatic heterocycles. The van der Waals surface area contributed by atoms with Crippen LogP contribution in [0.3, 0.4) is 0 Å². The molecule has 0 saturated carbocycles. The predicted octanol–water partition coefficient (Wildman–Crippen LogP) is 7.00. The van der Waals surface area contributed by atoms with Gasteiger partial charge in [-0.1, -0.05) is 60.1 Å². The Balaban J connectivity index is 2.08. The summed E-state index contributed by atoms with van der Waals surface area (Å²) in [5.74, 6) is 0.334. The fraction of sp³-hybridized carbons (Fsp3) is 0.448. The van der Waals surface area contributed by atoms with Gasteiger partial charge in [-0.2, -0.15) is 0 Å². The minimum atomic E-state index is -1.15. The van der Waals surface area contributed by atoms with Gasteiger partial charge in [0.25, 0.3) is 5.91 Å². The summed E-state index contributed by atoms with van der Waals surface area (Å²) in [6, 6.07) is 15.0. The first-order valence-corrected chi connectivity index (χ1v) is 13.7. The summed E-state index contributed by atoms with van der Waals surface area (Å²) in [7, 11) is 0. The first-order chi connectivity index (χ1) is 17.9. The van der Waals surface area contributed by atoms with Crippen molar-refractivity contribution in [2.24, 2.45) is 0 Å². The summed E-state index contributed by atoms with van der Waals surface area (Å²) in [5.41, 5.74) is 0.133. The maximum absolute atomic E-state index is 13.3. The Labute approximate surface area is 233 Å². The largest absolute Gasteiger partial charge is 0.465 e. The van der Waals surface area contributed by atoms with E-state index in [4.69, 9.17) is 4.42 Å². The van der Waals surface area contributed by atoms with Crippen LogP contribution in [0, 0.1) is 0 Å².